The van der Waals surface area contributed by atoms with Crippen molar-refractivity contribution in [2.75, 3.05) is 0 Å². The Hall–Kier alpha value is -0.950. The minimum Gasteiger partial charge on any atom is -1.00 e. The Balaban J connectivity index is 0.00000289. The maximum atomic E-state index is 13.2. The molecule has 0 saturated carbocycles. The maximum absolute atomic E-state index is 13.2. The number of carboxylic acid groups (broad SMARTS) is 1. The Morgan fingerprint density at radius 3 is 2.11 bits per heavy atom. The van der Waals surface area contributed by atoms with E-state index in [-0.39, 0.29) is 18.0 Å². The molecular weight excluding hydrogens is 291 g/mol. The van der Waals surface area contributed by atoms with E-state index in [9.17, 15) is 18.7 Å². The van der Waals surface area contributed by atoms with E-state index in [2.05, 4.69) is 0 Å². The highest BCUT2D eigenvalue weighted by atomic mass is 35.5. The van der Waals surface area contributed by atoms with Gasteiger partial charge in [0.1, 0.15) is 6.04 Å². The first-order valence-electron chi connectivity index (χ1n) is 4.54. The average molecular weight is 301 g/mol. The van der Waals surface area contributed by atoms with E-state index in [1.165, 1.54) is 18.2 Å². The van der Waals surface area contributed by atoms with Crippen molar-refractivity contribution in [2.24, 2.45) is 5.73 Å². The van der Waals surface area contributed by atoms with Crippen LogP contribution in [0.4, 0.5) is 8.78 Å². The number of benzene rings is 1. The summed E-state index contributed by atoms with van der Waals surface area (Å²) in [6.45, 7) is 0. The fourth-order valence-corrected chi connectivity index (χ4v) is 1.62. The van der Waals surface area contributed by atoms with Gasteiger partial charge in [0.05, 0.1) is 0 Å². The zero-order valence-corrected chi connectivity index (χ0v) is 10.4. The molecule has 0 aliphatic carbocycles. The van der Waals surface area contributed by atoms with Gasteiger partial charge in [0.25, 0.3) is 0 Å². The van der Waals surface area contributed by atoms with Gasteiger partial charge in [0.2, 0.25) is 0 Å². The van der Waals surface area contributed by atoms with Crippen LogP contribution < -0.4 is 18.1 Å². The molecule has 0 spiro atoms. The molecule has 1 aromatic rings. The second-order valence-corrected chi connectivity index (χ2v) is 3.92. The minimum absolute atomic E-state index is 0. The molecule has 0 aromatic heterocycles. The van der Waals surface area contributed by atoms with Gasteiger partial charge in [0, 0.05) is 0 Å². The van der Waals surface area contributed by atoms with E-state index >= 15 is 0 Å². The normalized spacial score (nSPS) is 16.3. The van der Waals surface area contributed by atoms with E-state index in [4.69, 9.17) is 22.4 Å². The molecule has 0 heterocycles. The molecule has 18 heavy (non-hydrogen) atoms. The van der Waals surface area contributed by atoms with Crippen LogP contribution in [0.2, 0.25) is 0 Å². The third kappa shape index (κ3) is 2.89. The largest absolute Gasteiger partial charge is 1.00 e. The van der Waals surface area contributed by atoms with Gasteiger partial charge in [-0.25, -0.2) is 0 Å². The van der Waals surface area contributed by atoms with Gasteiger partial charge in [-0.1, -0.05) is 30.3 Å². The van der Waals surface area contributed by atoms with Gasteiger partial charge < -0.3 is 28.4 Å². The van der Waals surface area contributed by atoms with Gasteiger partial charge in [-0.05, 0) is 17.2 Å². The number of alkyl halides is 3. The number of aliphatic hydroxyl groups is 1. The van der Waals surface area contributed by atoms with Crippen LogP contribution in [0, 0.1) is 0 Å². The van der Waals surface area contributed by atoms with Crippen LogP contribution in [0.15, 0.2) is 30.3 Å². The number of nitrogens with two attached hydrogens (primary N) is 1. The van der Waals surface area contributed by atoms with Crippen LogP contribution in [0.1, 0.15) is 5.56 Å². The van der Waals surface area contributed by atoms with Crippen molar-refractivity contribution in [1.29, 1.82) is 0 Å². The fraction of sp³-hybridized carbons (Fsp3) is 0.300. The summed E-state index contributed by atoms with van der Waals surface area (Å²) in [5, 5.41) is 14.3. The Morgan fingerprint density at radius 1 is 1.33 bits per heavy atom. The van der Waals surface area contributed by atoms with E-state index in [1.807, 2.05) is 0 Å². The van der Waals surface area contributed by atoms with Gasteiger partial charge in [-0.15, -0.1) is 0 Å². The topological polar surface area (TPSA) is 83.6 Å². The lowest BCUT2D eigenvalue weighted by molar-refractivity contribution is -0.171. The summed E-state index contributed by atoms with van der Waals surface area (Å²) in [6.07, 6.45) is 0. The van der Waals surface area contributed by atoms with Crippen molar-refractivity contribution in [3.63, 3.8) is 0 Å². The fourth-order valence-electron chi connectivity index (χ4n) is 1.39. The first-order valence-corrected chi connectivity index (χ1v) is 4.92. The second kappa shape index (κ2) is 5.79. The summed E-state index contributed by atoms with van der Waals surface area (Å²) >= 11 is 4.79. The summed E-state index contributed by atoms with van der Waals surface area (Å²) in [5.74, 6) is -1.78. The smallest absolute Gasteiger partial charge is 0.356 e. The van der Waals surface area contributed by atoms with Crippen LogP contribution >= 0.6 is 11.6 Å². The SMILES string of the molecule is NC(C(=O)O)C(O)(c1ccccc1)C(F)(F)Cl.[Cl-]. The highest BCUT2D eigenvalue weighted by molar-refractivity contribution is 6.22. The van der Waals surface area contributed by atoms with Gasteiger partial charge in [-0.3, -0.25) is 4.79 Å². The minimum atomic E-state index is -4.22. The van der Waals surface area contributed by atoms with Crippen LogP contribution in [0.5, 0.6) is 0 Å². The predicted molar refractivity (Wildman–Crippen MR) is 56.8 cm³/mol. The van der Waals surface area contributed by atoms with Crippen LogP contribution in [-0.2, 0) is 10.4 Å². The first kappa shape index (κ1) is 17.1. The number of rotatable bonds is 4. The molecule has 102 valence electrons. The molecule has 0 aliphatic heterocycles. The lowest BCUT2D eigenvalue weighted by Gasteiger charge is -2.35. The maximum Gasteiger partial charge on any atom is 0.356 e. The zero-order chi connectivity index (χ0) is 13.3. The highest BCUT2D eigenvalue weighted by Crippen LogP contribution is 2.42. The van der Waals surface area contributed by atoms with Crippen molar-refractivity contribution in [3.05, 3.63) is 35.9 Å². The number of aliphatic carboxylic acids is 1. The third-order valence-corrected chi connectivity index (χ3v) is 2.65. The number of carbonyl (C=O) groups is 1. The summed E-state index contributed by atoms with van der Waals surface area (Å²) in [4.78, 5) is 10.7. The number of hydrogen-bond donors (Lipinski definition) is 3. The molecule has 8 heteroatoms. The van der Waals surface area contributed by atoms with E-state index in [0.717, 1.165) is 12.1 Å². The summed E-state index contributed by atoms with van der Waals surface area (Å²) in [7, 11) is 0. The Morgan fingerprint density at radius 2 is 1.78 bits per heavy atom. The number of halogens is 4. The summed E-state index contributed by atoms with van der Waals surface area (Å²) in [5.41, 5.74) is 1.55. The molecule has 0 fully saturated rings. The molecule has 4 N–H and O–H groups in total. The molecule has 4 nitrogen and oxygen atoms in total. The van der Waals surface area contributed by atoms with Gasteiger partial charge in [-0.2, -0.15) is 8.78 Å². The predicted octanol–water partition coefficient (Wildman–Crippen LogP) is -1.88. The van der Waals surface area contributed by atoms with E-state index in [1.54, 1.807) is 0 Å². The molecular formula is C10H10Cl2F2NO3-. The van der Waals surface area contributed by atoms with E-state index in [0.29, 0.717) is 0 Å². The van der Waals surface area contributed by atoms with Crippen LogP contribution in [-0.4, -0.2) is 27.6 Å². The first-order chi connectivity index (χ1) is 7.71. The Bertz CT molecular complexity index is 413. The lowest BCUT2D eigenvalue weighted by atomic mass is 9.86. The molecule has 0 radical (unpaired) electrons. The number of carboxylic acids is 1. The van der Waals surface area contributed by atoms with Crippen molar-refractivity contribution in [3.8, 4) is 0 Å². The number of hydrogen-bond acceptors (Lipinski definition) is 3. The van der Waals surface area contributed by atoms with Gasteiger partial charge in [0.15, 0.2) is 5.60 Å². The molecule has 0 amide bonds. The summed E-state index contributed by atoms with van der Waals surface area (Å²) < 4.78 is 26.5. The van der Waals surface area contributed by atoms with Crippen molar-refractivity contribution >= 4 is 17.6 Å². The Kier molecular flexibility index (Phi) is 5.49. The highest BCUT2D eigenvalue weighted by Gasteiger charge is 2.59. The van der Waals surface area contributed by atoms with Crippen molar-refractivity contribution in [2.45, 2.75) is 17.0 Å². The molecule has 2 unspecified atom stereocenters. The molecule has 0 aliphatic rings. The Labute approximate surface area is 113 Å². The zero-order valence-electron chi connectivity index (χ0n) is 8.86. The average Bonchev–Trinajstić information content (AvgIpc) is 2.26. The molecule has 2 atom stereocenters. The standard InChI is InChI=1S/C10H10ClF2NO3.ClH/c11-10(12,13)9(17,7(14)8(15)16)6-4-2-1-3-5-6;/h1-5,7,17H,14H2,(H,15,16);1H/p-1. The molecule has 0 bridgehead atoms. The third-order valence-electron chi connectivity index (χ3n) is 2.36. The molecule has 1 aromatic carbocycles. The van der Waals surface area contributed by atoms with Crippen molar-refractivity contribution < 1.29 is 36.2 Å². The molecule has 0 saturated heterocycles. The van der Waals surface area contributed by atoms with Gasteiger partial charge >= 0.3 is 11.4 Å². The summed E-state index contributed by atoms with van der Waals surface area (Å²) in [6, 6.07) is 4.23. The van der Waals surface area contributed by atoms with Crippen LogP contribution in [0.3, 0.4) is 0 Å². The van der Waals surface area contributed by atoms with E-state index < -0.39 is 23.0 Å². The quantitative estimate of drug-likeness (QED) is 0.569. The van der Waals surface area contributed by atoms with Crippen LogP contribution in [0.25, 0.3) is 0 Å². The monoisotopic (exact) mass is 300 g/mol. The molecule has 1 rings (SSSR count). The van der Waals surface area contributed by atoms with Crippen molar-refractivity contribution in [1.82, 2.24) is 0 Å². The lowest BCUT2D eigenvalue weighted by Crippen LogP contribution is -3.00. The second-order valence-electron chi connectivity index (χ2n) is 3.45.